The highest BCUT2D eigenvalue weighted by atomic mass is 14.2. The summed E-state index contributed by atoms with van der Waals surface area (Å²) in [4.78, 5) is 0. The minimum atomic E-state index is 1.13. The zero-order chi connectivity index (χ0) is 11.6. The second-order valence-corrected chi connectivity index (χ2v) is 3.47. The van der Waals surface area contributed by atoms with Gasteiger partial charge in [0.1, 0.15) is 0 Å². The fourth-order valence-electron chi connectivity index (χ4n) is 1.58. The third-order valence-electron chi connectivity index (χ3n) is 2.39. The summed E-state index contributed by atoms with van der Waals surface area (Å²) in [6, 6.07) is 21.2. The first kappa shape index (κ1) is 12.0. The Morgan fingerprint density at radius 3 is 1.25 bits per heavy atom. The molecule has 0 fully saturated rings. The summed E-state index contributed by atoms with van der Waals surface area (Å²) in [7, 11) is 0. The number of benzene rings is 2. The van der Waals surface area contributed by atoms with Gasteiger partial charge in [-0.05, 0) is 24.0 Å². The van der Waals surface area contributed by atoms with E-state index in [2.05, 4.69) is 67.2 Å². The van der Waals surface area contributed by atoms with E-state index in [1.165, 1.54) is 11.1 Å². The van der Waals surface area contributed by atoms with Crippen LogP contribution in [0.25, 0.3) is 0 Å². The molecule has 0 bridgehead atoms. The van der Waals surface area contributed by atoms with Crippen LogP contribution in [0.2, 0.25) is 0 Å². The molecule has 0 amide bonds. The van der Waals surface area contributed by atoms with Crippen LogP contribution in [0.1, 0.15) is 11.1 Å². The first-order chi connectivity index (χ1) is 7.95. The van der Waals surface area contributed by atoms with Crippen molar-refractivity contribution in [2.45, 2.75) is 12.8 Å². The third kappa shape index (κ3) is 3.98. The summed E-state index contributed by atoms with van der Waals surface area (Å²) >= 11 is 0. The van der Waals surface area contributed by atoms with Crippen LogP contribution in [0.5, 0.6) is 0 Å². The molecule has 2 rings (SSSR count). The second-order valence-electron chi connectivity index (χ2n) is 3.47. The molecule has 0 saturated carbocycles. The van der Waals surface area contributed by atoms with Gasteiger partial charge in [-0.3, -0.25) is 0 Å². The van der Waals surface area contributed by atoms with Crippen molar-refractivity contribution in [3.8, 4) is 6.57 Å². The van der Waals surface area contributed by atoms with Crippen molar-refractivity contribution < 1.29 is 0 Å². The van der Waals surface area contributed by atoms with Gasteiger partial charge >= 0.3 is 0 Å². The maximum atomic E-state index is 6.50. The number of nitriles is 1. The predicted molar refractivity (Wildman–Crippen MR) is 67.0 cm³/mol. The molecule has 2 aromatic rings. The number of rotatable bonds is 3. The lowest BCUT2D eigenvalue weighted by Crippen LogP contribution is -1.89. The van der Waals surface area contributed by atoms with E-state index in [9.17, 15) is 0 Å². The molecular weight excluding hydrogens is 194 g/mol. The Kier molecular flexibility index (Phi) is 5.44. The molecule has 0 saturated heterocycles. The van der Waals surface area contributed by atoms with Crippen molar-refractivity contribution in [2.75, 3.05) is 0 Å². The Morgan fingerprint density at radius 1 is 0.625 bits per heavy atom. The van der Waals surface area contributed by atoms with Gasteiger partial charge < -0.3 is 0 Å². The fourth-order valence-corrected chi connectivity index (χ4v) is 1.58. The smallest absolute Gasteiger partial charge is 0.0462 e. The molecule has 80 valence electrons. The highest BCUT2D eigenvalue weighted by Gasteiger charge is 1.93. The van der Waals surface area contributed by atoms with Crippen molar-refractivity contribution in [1.82, 2.24) is 0 Å². The Hall–Kier alpha value is -2.07. The Balaban J connectivity index is 0.000000606. The summed E-state index contributed by atoms with van der Waals surface area (Å²) in [6.07, 6.45) is 2.26. The molecule has 0 unspecified atom stereocenters. The molecule has 0 atom stereocenters. The van der Waals surface area contributed by atoms with Crippen molar-refractivity contribution in [1.29, 1.82) is 5.26 Å². The monoisotopic (exact) mass is 209 g/mol. The van der Waals surface area contributed by atoms with E-state index in [1.807, 2.05) is 0 Å². The Morgan fingerprint density at radius 2 is 0.938 bits per heavy atom. The van der Waals surface area contributed by atoms with Gasteiger partial charge in [0.05, 0.1) is 0 Å². The van der Waals surface area contributed by atoms with Gasteiger partial charge in [0.15, 0.2) is 0 Å². The molecule has 0 spiro atoms. The largest absolute Gasteiger partial charge is 0.202 e. The molecule has 0 radical (unpaired) electrons. The molecule has 1 nitrogen and oxygen atoms in total. The van der Waals surface area contributed by atoms with E-state index in [1.54, 1.807) is 0 Å². The van der Waals surface area contributed by atoms with E-state index in [0.29, 0.717) is 0 Å². The van der Waals surface area contributed by atoms with Gasteiger partial charge in [0, 0.05) is 6.57 Å². The minimum Gasteiger partial charge on any atom is -0.202 e. The van der Waals surface area contributed by atoms with Gasteiger partial charge in [0.25, 0.3) is 0 Å². The molecule has 0 aliphatic rings. The molecule has 0 aromatic heterocycles. The maximum Gasteiger partial charge on any atom is 0.0462 e. The highest BCUT2D eigenvalue weighted by Crippen LogP contribution is 2.06. The number of aryl methyl sites for hydroxylation is 2. The fraction of sp³-hybridized carbons (Fsp3) is 0.133. The average molecular weight is 209 g/mol. The lowest BCUT2D eigenvalue weighted by Gasteiger charge is -2.01. The molecule has 0 aliphatic carbocycles. The van der Waals surface area contributed by atoms with Crippen LogP contribution in [-0.2, 0) is 12.8 Å². The minimum absolute atomic E-state index is 1.13. The standard InChI is InChI=1S/C14H14.CHN/c1-3-7-13(8-4-1)11-12-14-9-5-2-6-10-14;1-2/h1-10H,11-12H2;1H. The van der Waals surface area contributed by atoms with E-state index >= 15 is 0 Å². The van der Waals surface area contributed by atoms with Gasteiger partial charge in [-0.2, -0.15) is 0 Å². The van der Waals surface area contributed by atoms with E-state index in [0.717, 1.165) is 12.8 Å². The van der Waals surface area contributed by atoms with Crippen LogP contribution in [0.3, 0.4) is 0 Å². The van der Waals surface area contributed by atoms with Crippen LogP contribution in [0.15, 0.2) is 60.7 Å². The van der Waals surface area contributed by atoms with Crippen LogP contribution >= 0.6 is 0 Å². The number of hydrogen-bond donors (Lipinski definition) is 0. The van der Waals surface area contributed by atoms with Crippen molar-refractivity contribution in [3.63, 3.8) is 0 Å². The number of hydrogen-bond acceptors (Lipinski definition) is 1. The molecule has 1 heteroatoms. The van der Waals surface area contributed by atoms with Gasteiger partial charge in [-0.25, -0.2) is 5.26 Å². The SMILES string of the molecule is C#N.c1ccc(CCc2ccccc2)cc1. The molecule has 0 aliphatic heterocycles. The topological polar surface area (TPSA) is 23.8 Å². The van der Waals surface area contributed by atoms with Crippen molar-refractivity contribution in [3.05, 3.63) is 71.8 Å². The van der Waals surface area contributed by atoms with Crippen LogP contribution in [-0.4, -0.2) is 0 Å². The second kappa shape index (κ2) is 7.25. The Labute approximate surface area is 97.0 Å². The van der Waals surface area contributed by atoms with Crippen LogP contribution in [0.4, 0.5) is 0 Å². The van der Waals surface area contributed by atoms with E-state index in [-0.39, 0.29) is 0 Å². The quantitative estimate of drug-likeness (QED) is 0.757. The van der Waals surface area contributed by atoms with Crippen molar-refractivity contribution >= 4 is 0 Å². The number of nitrogens with zero attached hydrogens (tertiary/aromatic N) is 1. The molecule has 16 heavy (non-hydrogen) atoms. The summed E-state index contributed by atoms with van der Waals surface area (Å²) < 4.78 is 0. The first-order valence-corrected chi connectivity index (χ1v) is 5.29. The summed E-state index contributed by atoms with van der Waals surface area (Å²) in [5, 5.41) is 6.50. The zero-order valence-electron chi connectivity index (χ0n) is 9.21. The van der Waals surface area contributed by atoms with E-state index in [4.69, 9.17) is 5.26 Å². The molecule has 0 N–H and O–H groups in total. The summed E-state index contributed by atoms with van der Waals surface area (Å²) in [5.41, 5.74) is 2.83. The summed E-state index contributed by atoms with van der Waals surface area (Å²) in [5.74, 6) is 0. The normalized spacial score (nSPS) is 8.88. The van der Waals surface area contributed by atoms with Crippen LogP contribution < -0.4 is 0 Å². The zero-order valence-corrected chi connectivity index (χ0v) is 9.21. The highest BCUT2D eigenvalue weighted by molar-refractivity contribution is 5.19. The molecule has 0 heterocycles. The van der Waals surface area contributed by atoms with Crippen LogP contribution in [0, 0.1) is 11.8 Å². The molecular formula is C15H15N. The van der Waals surface area contributed by atoms with Gasteiger partial charge in [0.2, 0.25) is 0 Å². The maximum absolute atomic E-state index is 6.50. The van der Waals surface area contributed by atoms with Crippen molar-refractivity contribution in [2.24, 2.45) is 0 Å². The van der Waals surface area contributed by atoms with E-state index < -0.39 is 0 Å². The summed E-state index contributed by atoms with van der Waals surface area (Å²) in [6.45, 7) is 3.50. The Bertz CT molecular complexity index is 364. The van der Waals surface area contributed by atoms with Gasteiger partial charge in [-0.15, -0.1) is 0 Å². The average Bonchev–Trinajstić information content (AvgIpc) is 2.41. The van der Waals surface area contributed by atoms with Gasteiger partial charge in [-0.1, -0.05) is 60.7 Å². The third-order valence-corrected chi connectivity index (χ3v) is 2.39. The predicted octanol–water partition coefficient (Wildman–Crippen LogP) is 3.61. The lowest BCUT2D eigenvalue weighted by atomic mass is 10.0. The lowest BCUT2D eigenvalue weighted by molar-refractivity contribution is 0.960. The molecule has 2 aromatic carbocycles. The first-order valence-electron chi connectivity index (χ1n) is 5.29.